The van der Waals surface area contributed by atoms with Crippen molar-refractivity contribution in [1.29, 1.82) is 0 Å². The molecule has 0 saturated carbocycles. The molecule has 1 aliphatic rings. The highest BCUT2D eigenvalue weighted by Gasteiger charge is 2.52. The van der Waals surface area contributed by atoms with Crippen molar-refractivity contribution < 1.29 is 5.11 Å². The van der Waals surface area contributed by atoms with E-state index in [1.165, 1.54) is 16.0 Å². The van der Waals surface area contributed by atoms with Gasteiger partial charge >= 0.3 is 0 Å². The SMILES string of the molecule is Cc1ccc(C(C)(O)C2(CN)CCc3ccccc32)s1. The van der Waals surface area contributed by atoms with Gasteiger partial charge < -0.3 is 10.8 Å². The molecule has 1 aromatic heterocycles. The van der Waals surface area contributed by atoms with Crippen molar-refractivity contribution in [1.82, 2.24) is 0 Å². The molecule has 1 aliphatic carbocycles. The molecule has 0 amide bonds. The van der Waals surface area contributed by atoms with Crippen LogP contribution in [0.1, 0.15) is 34.2 Å². The first-order valence-electron chi connectivity index (χ1n) is 7.09. The molecule has 3 N–H and O–H groups in total. The molecule has 2 unspecified atom stereocenters. The van der Waals surface area contributed by atoms with Gasteiger partial charge in [0, 0.05) is 21.7 Å². The zero-order valence-corrected chi connectivity index (χ0v) is 12.8. The summed E-state index contributed by atoms with van der Waals surface area (Å²) in [6.07, 6.45) is 1.90. The van der Waals surface area contributed by atoms with Crippen LogP contribution in [0.4, 0.5) is 0 Å². The van der Waals surface area contributed by atoms with Crippen molar-refractivity contribution >= 4 is 11.3 Å². The first-order chi connectivity index (χ1) is 9.51. The van der Waals surface area contributed by atoms with Gasteiger partial charge in [0.2, 0.25) is 0 Å². The summed E-state index contributed by atoms with van der Waals surface area (Å²) in [7, 11) is 0. The van der Waals surface area contributed by atoms with Crippen molar-refractivity contribution in [3.8, 4) is 0 Å². The van der Waals surface area contributed by atoms with Crippen LogP contribution in [0, 0.1) is 6.92 Å². The van der Waals surface area contributed by atoms with Crippen LogP contribution in [0.15, 0.2) is 36.4 Å². The molecule has 3 rings (SSSR count). The molecule has 2 atom stereocenters. The Morgan fingerprint density at radius 1 is 1.30 bits per heavy atom. The zero-order valence-electron chi connectivity index (χ0n) is 12.0. The van der Waals surface area contributed by atoms with Crippen molar-refractivity contribution in [2.75, 3.05) is 6.54 Å². The normalized spacial score (nSPS) is 24.4. The molecule has 106 valence electrons. The third-order valence-corrected chi connectivity index (χ3v) is 6.07. The van der Waals surface area contributed by atoms with Gasteiger partial charge in [-0.25, -0.2) is 0 Å². The maximum absolute atomic E-state index is 11.3. The Labute approximate surface area is 124 Å². The highest BCUT2D eigenvalue weighted by atomic mass is 32.1. The van der Waals surface area contributed by atoms with E-state index < -0.39 is 5.60 Å². The lowest BCUT2D eigenvalue weighted by Crippen LogP contribution is -2.50. The van der Waals surface area contributed by atoms with Crippen LogP contribution in [0.3, 0.4) is 0 Å². The van der Waals surface area contributed by atoms with Gasteiger partial charge in [0.15, 0.2) is 0 Å². The highest BCUT2D eigenvalue weighted by Crippen LogP contribution is 2.51. The molecule has 0 spiro atoms. The standard InChI is InChI=1S/C17H21NOS/c1-12-7-8-15(20-12)16(2,19)17(11-18)10-9-13-5-3-4-6-14(13)17/h3-8,19H,9-11,18H2,1-2H3. The Bertz CT molecular complexity index is 631. The summed E-state index contributed by atoms with van der Waals surface area (Å²) < 4.78 is 0. The summed E-state index contributed by atoms with van der Waals surface area (Å²) in [5, 5.41) is 11.3. The Morgan fingerprint density at radius 3 is 2.70 bits per heavy atom. The molecule has 1 aromatic carbocycles. The number of hydrogen-bond donors (Lipinski definition) is 2. The summed E-state index contributed by atoms with van der Waals surface area (Å²) in [6, 6.07) is 12.5. The molecule has 0 aliphatic heterocycles. The molecular weight excluding hydrogens is 266 g/mol. The lowest BCUT2D eigenvalue weighted by molar-refractivity contribution is -0.0227. The number of hydrogen-bond acceptors (Lipinski definition) is 3. The lowest BCUT2D eigenvalue weighted by atomic mass is 9.68. The van der Waals surface area contributed by atoms with Gasteiger partial charge in [-0.05, 0) is 49.9 Å². The van der Waals surface area contributed by atoms with Crippen LogP contribution >= 0.6 is 11.3 Å². The van der Waals surface area contributed by atoms with Crippen molar-refractivity contribution in [3.05, 3.63) is 57.3 Å². The van der Waals surface area contributed by atoms with Crippen LogP contribution in [-0.4, -0.2) is 11.7 Å². The van der Waals surface area contributed by atoms with Crippen LogP contribution in [0.2, 0.25) is 0 Å². The fourth-order valence-corrected chi connectivity index (χ4v) is 4.55. The number of benzene rings is 1. The van der Waals surface area contributed by atoms with E-state index in [0.29, 0.717) is 6.54 Å². The first-order valence-corrected chi connectivity index (χ1v) is 7.91. The van der Waals surface area contributed by atoms with Crippen molar-refractivity contribution in [3.63, 3.8) is 0 Å². The Hall–Kier alpha value is -1.16. The van der Waals surface area contributed by atoms with Gasteiger partial charge in [-0.2, -0.15) is 0 Å². The molecule has 0 bridgehead atoms. The third-order valence-electron chi connectivity index (χ3n) is 4.85. The number of aliphatic hydroxyl groups is 1. The summed E-state index contributed by atoms with van der Waals surface area (Å²) in [4.78, 5) is 2.23. The third kappa shape index (κ3) is 1.77. The number of aryl methyl sites for hydroxylation is 2. The van der Waals surface area contributed by atoms with Crippen molar-refractivity contribution in [2.45, 2.75) is 37.7 Å². The summed E-state index contributed by atoms with van der Waals surface area (Å²) >= 11 is 1.66. The van der Waals surface area contributed by atoms with Gasteiger partial charge in [0.05, 0.1) is 0 Å². The number of rotatable bonds is 3. The fourth-order valence-electron chi connectivity index (χ4n) is 3.54. The summed E-state index contributed by atoms with van der Waals surface area (Å²) in [5.41, 5.74) is 7.41. The van der Waals surface area contributed by atoms with E-state index in [1.807, 2.05) is 19.1 Å². The fraction of sp³-hybridized carbons (Fsp3) is 0.412. The van der Waals surface area contributed by atoms with E-state index >= 15 is 0 Å². The molecular formula is C17H21NOS. The maximum atomic E-state index is 11.3. The average Bonchev–Trinajstić information content (AvgIpc) is 3.03. The Balaban J connectivity index is 2.15. The number of thiophene rings is 1. The number of nitrogens with two attached hydrogens (primary N) is 1. The maximum Gasteiger partial charge on any atom is 0.107 e. The molecule has 3 heteroatoms. The second kappa shape index (κ2) is 4.69. The second-order valence-corrected chi connectivity index (χ2v) is 7.21. The van der Waals surface area contributed by atoms with Gasteiger partial charge in [-0.3, -0.25) is 0 Å². The van der Waals surface area contributed by atoms with Crippen molar-refractivity contribution in [2.24, 2.45) is 5.73 Å². The van der Waals surface area contributed by atoms with Gasteiger partial charge in [-0.1, -0.05) is 24.3 Å². The van der Waals surface area contributed by atoms with E-state index in [-0.39, 0.29) is 5.41 Å². The van der Waals surface area contributed by atoms with Crippen LogP contribution in [-0.2, 0) is 17.4 Å². The van der Waals surface area contributed by atoms with E-state index in [0.717, 1.165) is 17.7 Å². The zero-order chi connectivity index (χ0) is 14.4. The Morgan fingerprint density at radius 2 is 2.05 bits per heavy atom. The minimum absolute atomic E-state index is 0.374. The summed E-state index contributed by atoms with van der Waals surface area (Å²) in [6.45, 7) is 4.46. The molecule has 2 nitrogen and oxygen atoms in total. The molecule has 1 heterocycles. The predicted octanol–water partition coefficient (Wildman–Crippen LogP) is 3.11. The van der Waals surface area contributed by atoms with E-state index in [2.05, 4.69) is 31.2 Å². The van der Waals surface area contributed by atoms with Crippen LogP contribution in [0.25, 0.3) is 0 Å². The minimum Gasteiger partial charge on any atom is -0.384 e. The number of fused-ring (bicyclic) bond motifs is 1. The average molecular weight is 287 g/mol. The summed E-state index contributed by atoms with van der Waals surface area (Å²) in [5.74, 6) is 0. The largest absolute Gasteiger partial charge is 0.384 e. The molecule has 2 aromatic rings. The first kappa shape index (κ1) is 13.8. The van der Waals surface area contributed by atoms with Crippen LogP contribution in [0.5, 0.6) is 0 Å². The molecule has 0 fully saturated rings. The molecule has 0 saturated heterocycles. The van der Waals surface area contributed by atoms with Crippen LogP contribution < -0.4 is 5.73 Å². The Kier molecular flexibility index (Phi) is 3.24. The van der Waals surface area contributed by atoms with E-state index in [1.54, 1.807) is 11.3 Å². The van der Waals surface area contributed by atoms with Gasteiger partial charge in [0.25, 0.3) is 0 Å². The lowest BCUT2D eigenvalue weighted by Gasteiger charge is -2.42. The smallest absolute Gasteiger partial charge is 0.107 e. The molecule has 0 radical (unpaired) electrons. The minimum atomic E-state index is -0.923. The van der Waals surface area contributed by atoms with Gasteiger partial charge in [-0.15, -0.1) is 11.3 Å². The molecule has 20 heavy (non-hydrogen) atoms. The van der Waals surface area contributed by atoms with Gasteiger partial charge in [0.1, 0.15) is 5.60 Å². The topological polar surface area (TPSA) is 46.2 Å². The van der Waals surface area contributed by atoms with E-state index in [4.69, 9.17) is 5.73 Å². The second-order valence-electron chi connectivity index (χ2n) is 5.93. The highest BCUT2D eigenvalue weighted by molar-refractivity contribution is 7.12. The predicted molar refractivity (Wildman–Crippen MR) is 84.1 cm³/mol. The quantitative estimate of drug-likeness (QED) is 0.911. The van der Waals surface area contributed by atoms with E-state index in [9.17, 15) is 5.11 Å². The monoisotopic (exact) mass is 287 g/mol.